The van der Waals surface area contributed by atoms with Gasteiger partial charge in [-0.25, -0.2) is 0 Å². The van der Waals surface area contributed by atoms with E-state index in [9.17, 15) is 5.11 Å². The van der Waals surface area contributed by atoms with Crippen molar-refractivity contribution >= 4 is 0 Å². The monoisotopic (exact) mass is 221 g/mol. The Morgan fingerprint density at radius 3 is 2.81 bits per heavy atom. The Hall–Kier alpha value is -1.73. The van der Waals surface area contributed by atoms with Crippen molar-refractivity contribution < 1.29 is 14.9 Å². The number of phenolic OH excluding ortho intramolecular Hbond substituents is 1. The number of hydrogen-bond donors (Lipinski definition) is 2. The minimum absolute atomic E-state index is 0.0538. The standard InChI is InChI=1S/C12H15NO3/c1-2-16-11-5-3-4-10(12(11)15)6-9(7-13)8-14/h3-5,9,14-15H,2,6,8H2,1H3. The van der Waals surface area contributed by atoms with E-state index in [1.54, 1.807) is 18.2 Å². The van der Waals surface area contributed by atoms with Gasteiger partial charge in [-0.2, -0.15) is 5.26 Å². The van der Waals surface area contributed by atoms with Crippen LogP contribution in [0.25, 0.3) is 0 Å². The maximum atomic E-state index is 9.84. The van der Waals surface area contributed by atoms with Crippen LogP contribution in [0.15, 0.2) is 18.2 Å². The Kier molecular flexibility index (Phi) is 4.62. The lowest BCUT2D eigenvalue weighted by molar-refractivity contribution is 0.254. The third-order valence-corrected chi connectivity index (χ3v) is 2.25. The molecule has 0 aliphatic carbocycles. The zero-order valence-electron chi connectivity index (χ0n) is 9.18. The molecule has 0 aromatic heterocycles. The highest BCUT2D eigenvalue weighted by Crippen LogP contribution is 2.31. The van der Waals surface area contributed by atoms with E-state index in [0.717, 1.165) is 0 Å². The van der Waals surface area contributed by atoms with Crippen LogP contribution in [0.4, 0.5) is 0 Å². The highest BCUT2D eigenvalue weighted by Gasteiger charge is 2.13. The summed E-state index contributed by atoms with van der Waals surface area (Å²) in [5, 5.41) is 27.5. The number of para-hydroxylation sites is 1. The van der Waals surface area contributed by atoms with Crippen molar-refractivity contribution in [3.8, 4) is 17.6 Å². The zero-order valence-corrected chi connectivity index (χ0v) is 9.18. The van der Waals surface area contributed by atoms with E-state index in [1.807, 2.05) is 13.0 Å². The van der Waals surface area contributed by atoms with Crippen molar-refractivity contribution in [2.24, 2.45) is 5.92 Å². The molecule has 0 amide bonds. The number of aromatic hydroxyl groups is 1. The molecule has 0 bridgehead atoms. The molecule has 4 nitrogen and oxygen atoms in total. The average molecular weight is 221 g/mol. The van der Waals surface area contributed by atoms with Gasteiger partial charge >= 0.3 is 0 Å². The molecule has 4 heteroatoms. The van der Waals surface area contributed by atoms with Gasteiger partial charge in [-0.15, -0.1) is 0 Å². The molecule has 0 radical (unpaired) electrons. The van der Waals surface area contributed by atoms with Gasteiger partial charge in [0.05, 0.1) is 25.2 Å². The first kappa shape index (κ1) is 12.3. The second kappa shape index (κ2) is 5.99. The van der Waals surface area contributed by atoms with Crippen LogP contribution in [-0.2, 0) is 6.42 Å². The van der Waals surface area contributed by atoms with Gasteiger partial charge in [0.2, 0.25) is 0 Å². The number of aliphatic hydroxyl groups is 1. The minimum Gasteiger partial charge on any atom is -0.504 e. The Morgan fingerprint density at radius 2 is 2.25 bits per heavy atom. The highest BCUT2D eigenvalue weighted by molar-refractivity contribution is 5.45. The molecule has 1 aromatic rings. The summed E-state index contributed by atoms with van der Waals surface area (Å²) < 4.78 is 5.23. The molecule has 16 heavy (non-hydrogen) atoms. The normalized spacial score (nSPS) is 11.8. The summed E-state index contributed by atoms with van der Waals surface area (Å²) in [6.45, 7) is 2.09. The van der Waals surface area contributed by atoms with Crippen LogP contribution in [0.5, 0.6) is 11.5 Å². The Morgan fingerprint density at radius 1 is 1.50 bits per heavy atom. The molecule has 0 aliphatic heterocycles. The number of rotatable bonds is 5. The summed E-state index contributed by atoms with van der Waals surface area (Å²) >= 11 is 0. The first-order valence-corrected chi connectivity index (χ1v) is 5.17. The summed E-state index contributed by atoms with van der Waals surface area (Å²) in [4.78, 5) is 0. The van der Waals surface area contributed by atoms with Gasteiger partial charge in [0.15, 0.2) is 11.5 Å². The van der Waals surface area contributed by atoms with Crippen molar-refractivity contribution in [1.82, 2.24) is 0 Å². The molecule has 1 aromatic carbocycles. The van der Waals surface area contributed by atoms with Crippen LogP contribution < -0.4 is 4.74 Å². The second-order valence-electron chi connectivity index (χ2n) is 3.41. The number of nitriles is 1. The van der Waals surface area contributed by atoms with Crippen molar-refractivity contribution in [2.75, 3.05) is 13.2 Å². The maximum Gasteiger partial charge on any atom is 0.161 e. The van der Waals surface area contributed by atoms with E-state index in [1.165, 1.54) is 0 Å². The van der Waals surface area contributed by atoms with E-state index in [2.05, 4.69) is 0 Å². The van der Waals surface area contributed by atoms with Crippen LogP contribution in [0.3, 0.4) is 0 Å². The van der Waals surface area contributed by atoms with Gasteiger partial charge in [-0.1, -0.05) is 12.1 Å². The Bertz CT molecular complexity index is 384. The van der Waals surface area contributed by atoms with Crippen molar-refractivity contribution in [3.05, 3.63) is 23.8 Å². The SMILES string of the molecule is CCOc1cccc(CC(C#N)CO)c1O. The molecule has 86 valence electrons. The quantitative estimate of drug-likeness (QED) is 0.789. The molecular formula is C12H15NO3. The van der Waals surface area contributed by atoms with Crippen LogP contribution in [0.2, 0.25) is 0 Å². The Balaban J connectivity index is 2.88. The van der Waals surface area contributed by atoms with Crippen LogP contribution in [-0.4, -0.2) is 23.4 Å². The lowest BCUT2D eigenvalue weighted by Crippen LogP contribution is -2.07. The number of phenols is 1. The lowest BCUT2D eigenvalue weighted by Gasteiger charge is -2.11. The summed E-state index contributed by atoms with van der Waals surface area (Å²) in [5.74, 6) is -0.0320. The lowest BCUT2D eigenvalue weighted by atomic mass is 10.0. The number of aliphatic hydroxyl groups excluding tert-OH is 1. The molecular weight excluding hydrogens is 206 g/mol. The summed E-state index contributed by atoms with van der Waals surface area (Å²) in [6, 6.07) is 7.12. The maximum absolute atomic E-state index is 9.84. The van der Waals surface area contributed by atoms with E-state index in [4.69, 9.17) is 15.1 Å². The van der Waals surface area contributed by atoms with Crippen LogP contribution >= 0.6 is 0 Å². The van der Waals surface area contributed by atoms with E-state index < -0.39 is 5.92 Å². The van der Waals surface area contributed by atoms with Gasteiger partial charge in [0.25, 0.3) is 0 Å². The van der Waals surface area contributed by atoms with Crippen molar-refractivity contribution in [1.29, 1.82) is 5.26 Å². The van der Waals surface area contributed by atoms with E-state index in [-0.39, 0.29) is 12.4 Å². The molecule has 1 unspecified atom stereocenters. The summed E-state index contributed by atoms with van der Waals surface area (Å²) in [5.41, 5.74) is 0.617. The van der Waals surface area contributed by atoms with Crippen LogP contribution in [0.1, 0.15) is 12.5 Å². The Labute approximate surface area is 94.7 Å². The summed E-state index contributed by atoms with van der Waals surface area (Å²) in [7, 11) is 0. The number of hydrogen-bond acceptors (Lipinski definition) is 4. The molecule has 1 rings (SSSR count). The number of nitrogens with zero attached hydrogens (tertiary/aromatic N) is 1. The summed E-state index contributed by atoms with van der Waals surface area (Å²) in [6.07, 6.45) is 0.319. The molecule has 0 heterocycles. The van der Waals surface area contributed by atoms with Gasteiger partial charge in [-0.3, -0.25) is 0 Å². The largest absolute Gasteiger partial charge is 0.504 e. The van der Waals surface area contributed by atoms with E-state index in [0.29, 0.717) is 24.3 Å². The first-order valence-electron chi connectivity index (χ1n) is 5.17. The fourth-order valence-corrected chi connectivity index (χ4v) is 1.42. The third-order valence-electron chi connectivity index (χ3n) is 2.25. The van der Waals surface area contributed by atoms with E-state index >= 15 is 0 Å². The average Bonchev–Trinajstić information content (AvgIpc) is 2.30. The van der Waals surface area contributed by atoms with Gasteiger partial charge in [0.1, 0.15) is 0 Å². The fraction of sp³-hybridized carbons (Fsp3) is 0.417. The smallest absolute Gasteiger partial charge is 0.161 e. The predicted molar refractivity (Wildman–Crippen MR) is 59.2 cm³/mol. The van der Waals surface area contributed by atoms with Crippen molar-refractivity contribution in [3.63, 3.8) is 0 Å². The fourth-order valence-electron chi connectivity index (χ4n) is 1.42. The molecule has 0 saturated heterocycles. The van der Waals surface area contributed by atoms with Crippen molar-refractivity contribution in [2.45, 2.75) is 13.3 Å². The van der Waals surface area contributed by atoms with Gasteiger partial charge < -0.3 is 14.9 Å². The highest BCUT2D eigenvalue weighted by atomic mass is 16.5. The topological polar surface area (TPSA) is 73.5 Å². The molecule has 0 saturated carbocycles. The molecule has 1 atom stereocenters. The first-order chi connectivity index (χ1) is 7.72. The molecule has 0 spiro atoms. The van der Waals surface area contributed by atoms with Crippen LogP contribution in [0, 0.1) is 17.2 Å². The van der Waals surface area contributed by atoms with Gasteiger partial charge in [-0.05, 0) is 25.0 Å². The van der Waals surface area contributed by atoms with Gasteiger partial charge in [0, 0.05) is 0 Å². The predicted octanol–water partition coefficient (Wildman–Crippen LogP) is 1.47. The second-order valence-corrected chi connectivity index (χ2v) is 3.41. The number of benzene rings is 1. The zero-order chi connectivity index (χ0) is 12.0. The molecule has 0 aliphatic rings. The molecule has 0 fully saturated rings. The third kappa shape index (κ3) is 2.88. The molecule has 2 N–H and O–H groups in total. The minimum atomic E-state index is -0.497. The number of ether oxygens (including phenoxy) is 1.